The van der Waals surface area contributed by atoms with Crippen LogP contribution in [0, 0.1) is 5.82 Å². The molecular formula is C19H21FN2O2. The van der Waals surface area contributed by atoms with Gasteiger partial charge in [-0.1, -0.05) is 39.0 Å². The molecular weight excluding hydrogens is 307 g/mol. The van der Waals surface area contributed by atoms with Crippen LogP contribution in [0.2, 0.25) is 0 Å². The Balaban J connectivity index is 1.88. The van der Waals surface area contributed by atoms with E-state index in [4.69, 9.17) is 0 Å². The van der Waals surface area contributed by atoms with E-state index < -0.39 is 11.7 Å². The Labute approximate surface area is 141 Å². The molecule has 0 fully saturated rings. The molecule has 2 aromatic rings. The predicted molar refractivity (Wildman–Crippen MR) is 92.5 cm³/mol. The maximum Gasteiger partial charge on any atom is 0.251 e. The van der Waals surface area contributed by atoms with E-state index in [2.05, 4.69) is 31.4 Å². The van der Waals surface area contributed by atoms with Crippen molar-refractivity contribution in [1.29, 1.82) is 0 Å². The highest BCUT2D eigenvalue weighted by molar-refractivity contribution is 5.99. The summed E-state index contributed by atoms with van der Waals surface area (Å²) in [5, 5.41) is 5.18. The van der Waals surface area contributed by atoms with Gasteiger partial charge in [0.1, 0.15) is 5.82 Å². The number of carbonyl (C=O) groups is 2. The zero-order valence-electron chi connectivity index (χ0n) is 14.0. The Kier molecular flexibility index (Phi) is 5.34. The molecule has 2 aromatic carbocycles. The highest BCUT2D eigenvalue weighted by Gasteiger charge is 2.13. The third-order valence-electron chi connectivity index (χ3n) is 3.53. The van der Waals surface area contributed by atoms with Crippen LogP contribution in [0.25, 0.3) is 0 Å². The molecule has 0 aliphatic rings. The van der Waals surface area contributed by atoms with Crippen molar-refractivity contribution in [2.24, 2.45) is 0 Å². The summed E-state index contributed by atoms with van der Waals surface area (Å²) in [5.74, 6) is -1.33. The van der Waals surface area contributed by atoms with Gasteiger partial charge in [0.2, 0.25) is 5.91 Å². The molecule has 0 aliphatic heterocycles. The third-order valence-corrected chi connectivity index (χ3v) is 3.53. The molecule has 5 heteroatoms. The van der Waals surface area contributed by atoms with Crippen LogP contribution in [-0.4, -0.2) is 18.4 Å². The topological polar surface area (TPSA) is 58.2 Å². The van der Waals surface area contributed by atoms with Gasteiger partial charge in [0.25, 0.3) is 5.91 Å². The molecule has 2 rings (SSSR count). The minimum Gasteiger partial charge on any atom is -0.343 e. The van der Waals surface area contributed by atoms with Crippen molar-refractivity contribution >= 4 is 17.5 Å². The Hall–Kier alpha value is -2.69. The van der Waals surface area contributed by atoms with Crippen molar-refractivity contribution in [3.8, 4) is 0 Å². The van der Waals surface area contributed by atoms with E-state index in [0.29, 0.717) is 5.69 Å². The Bertz CT molecular complexity index is 734. The molecule has 0 heterocycles. The van der Waals surface area contributed by atoms with E-state index in [1.807, 2.05) is 24.3 Å². The third kappa shape index (κ3) is 4.91. The van der Waals surface area contributed by atoms with Gasteiger partial charge in [-0.15, -0.1) is 0 Å². The molecule has 2 N–H and O–H groups in total. The number of hydrogen-bond acceptors (Lipinski definition) is 2. The molecule has 0 radical (unpaired) electrons. The van der Waals surface area contributed by atoms with E-state index in [9.17, 15) is 14.0 Å². The van der Waals surface area contributed by atoms with Gasteiger partial charge in [-0.2, -0.15) is 0 Å². The molecule has 0 saturated carbocycles. The molecule has 24 heavy (non-hydrogen) atoms. The van der Waals surface area contributed by atoms with Gasteiger partial charge < -0.3 is 10.6 Å². The molecule has 0 spiro atoms. The first-order valence-corrected chi connectivity index (χ1v) is 7.70. The lowest BCUT2D eigenvalue weighted by Crippen LogP contribution is -2.32. The Morgan fingerprint density at radius 3 is 2.29 bits per heavy atom. The minimum absolute atomic E-state index is 0.0431. The molecule has 0 bridgehead atoms. The predicted octanol–water partition coefficient (Wildman–Crippen LogP) is 3.49. The molecule has 2 amide bonds. The van der Waals surface area contributed by atoms with Gasteiger partial charge in [0.05, 0.1) is 6.54 Å². The van der Waals surface area contributed by atoms with Crippen LogP contribution in [-0.2, 0) is 10.2 Å². The lowest BCUT2D eigenvalue weighted by molar-refractivity contribution is -0.115. The maximum atomic E-state index is 13.1. The lowest BCUT2D eigenvalue weighted by Gasteiger charge is -2.19. The van der Waals surface area contributed by atoms with Crippen molar-refractivity contribution in [2.45, 2.75) is 26.2 Å². The molecule has 0 unspecified atom stereocenters. The second-order valence-electron chi connectivity index (χ2n) is 6.57. The second kappa shape index (κ2) is 7.25. The first-order valence-electron chi connectivity index (χ1n) is 7.70. The van der Waals surface area contributed by atoms with E-state index in [-0.39, 0.29) is 23.4 Å². The molecule has 0 atom stereocenters. The zero-order valence-corrected chi connectivity index (χ0v) is 14.0. The van der Waals surface area contributed by atoms with Crippen molar-refractivity contribution in [3.05, 3.63) is 65.5 Å². The van der Waals surface area contributed by atoms with Gasteiger partial charge in [-0.05, 0) is 41.3 Å². The summed E-state index contributed by atoms with van der Waals surface area (Å²) >= 11 is 0. The summed E-state index contributed by atoms with van der Waals surface area (Å²) < 4.78 is 13.1. The summed E-state index contributed by atoms with van der Waals surface area (Å²) in [6, 6.07) is 12.9. The number of halogens is 1. The van der Waals surface area contributed by atoms with E-state index >= 15 is 0 Å². The van der Waals surface area contributed by atoms with Crippen LogP contribution < -0.4 is 10.6 Å². The standard InChI is InChI=1S/C19H21FN2O2/c1-19(2,3)14-7-9-16(10-8-14)22-17(23)12-21-18(24)13-5-4-6-15(20)11-13/h4-11H,12H2,1-3H3,(H,21,24)(H,22,23). The van der Waals surface area contributed by atoms with Gasteiger partial charge in [-0.25, -0.2) is 4.39 Å². The highest BCUT2D eigenvalue weighted by Crippen LogP contribution is 2.23. The van der Waals surface area contributed by atoms with Crippen molar-refractivity contribution in [2.75, 3.05) is 11.9 Å². The van der Waals surface area contributed by atoms with Crippen LogP contribution in [0.5, 0.6) is 0 Å². The SMILES string of the molecule is CC(C)(C)c1ccc(NC(=O)CNC(=O)c2cccc(F)c2)cc1. The smallest absolute Gasteiger partial charge is 0.251 e. The first kappa shape index (κ1) is 17.7. The Morgan fingerprint density at radius 2 is 1.71 bits per heavy atom. The zero-order chi connectivity index (χ0) is 17.7. The maximum absolute atomic E-state index is 13.1. The van der Waals surface area contributed by atoms with Crippen LogP contribution in [0.3, 0.4) is 0 Å². The number of hydrogen-bond donors (Lipinski definition) is 2. The van der Waals surface area contributed by atoms with Crippen molar-refractivity contribution < 1.29 is 14.0 Å². The van der Waals surface area contributed by atoms with Crippen molar-refractivity contribution in [3.63, 3.8) is 0 Å². The number of carbonyl (C=O) groups excluding carboxylic acids is 2. The average molecular weight is 328 g/mol. The lowest BCUT2D eigenvalue weighted by atomic mass is 9.87. The van der Waals surface area contributed by atoms with E-state index in [1.165, 1.54) is 23.8 Å². The second-order valence-corrected chi connectivity index (χ2v) is 6.57. The quantitative estimate of drug-likeness (QED) is 0.902. The fraction of sp³-hybridized carbons (Fsp3) is 0.263. The molecule has 126 valence electrons. The van der Waals surface area contributed by atoms with Gasteiger partial charge in [-0.3, -0.25) is 9.59 Å². The normalized spacial score (nSPS) is 11.0. The fourth-order valence-electron chi connectivity index (χ4n) is 2.15. The number of amides is 2. The number of benzene rings is 2. The first-order chi connectivity index (χ1) is 11.3. The molecule has 0 aromatic heterocycles. The average Bonchev–Trinajstić information content (AvgIpc) is 2.52. The van der Waals surface area contributed by atoms with E-state index in [1.54, 1.807) is 0 Å². The molecule has 0 aliphatic carbocycles. The van der Waals surface area contributed by atoms with Gasteiger partial charge >= 0.3 is 0 Å². The molecule has 4 nitrogen and oxygen atoms in total. The number of anilines is 1. The highest BCUT2D eigenvalue weighted by atomic mass is 19.1. The van der Waals surface area contributed by atoms with Gasteiger partial charge in [0.15, 0.2) is 0 Å². The Morgan fingerprint density at radius 1 is 1.04 bits per heavy atom. The summed E-state index contributed by atoms with van der Waals surface area (Å²) in [6.45, 7) is 6.16. The summed E-state index contributed by atoms with van der Waals surface area (Å²) in [6.07, 6.45) is 0. The van der Waals surface area contributed by atoms with E-state index in [0.717, 1.165) is 6.07 Å². The van der Waals surface area contributed by atoms with Crippen LogP contribution in [0.1, 0.15) is 36.7 Å². The monoisotopic (exact) mass is 328 g/mol. The molecule has 0 saturated heterocycles. The fourth-order valence-corrected chi connectivity index (χ4v) is 2.15. The summed E-state index contributed by atoms with van der Waals surface area (Å²) in [7, 11) is 0. The van der Waals surface area contributed by atoms with Crippen molar-refractivity contribution in [1.82, 2.24) is 5.32 Å². The van der Waals surface area contributed by atoms with Gasteiger partial charge in [0, 0.05) is 11.3 Å². The number of nitrogens with one attached hydrogen (secondary N) is 2. The van der Waals surface area contributed by atoms with Crippen LogP contribution in [0.15, 0.2) is 48.5 Å². The largest absolute Gasteiger partial charge is 0.343 e. The summed E-state index contributed by atoms with van der Waals surface area (Å²) in [5.41, 5.74) is 2.05. The number of rotatable bonds is 4. The summed E-state index contributed by atoms with van der Waals surface area (Å²) in [4.78, 5) is 23.7. The minimum atomic E-state index is -0.494. The van der Waals surface area contributed by atoms with Crippen LogP contribution >= 0.6 is 0 Å². The van der Waals surface area contributed by atoms with Crippen LogP contribution in [0.4, 0.5) is 10.1 Å².